The zero-order valence-corrected chi connectivity index (χ0v) is 11.4. The first-order valence-corrected chi connectivity index (χ1v) is 6.81. The number of aryl methyl sites for hydroxylation is 1. The number of hydrogen-bond acceptors (Lipinski definition) is 5. The molecule has 1 fully saturated rings. The Morgan fingerprint density at radius 2 is 2.10 bits per heavy atom. The van der Waals surface area contributed by atoms with Crippen LogP contribution in [0.1, 0.15) is 30.3 Å². The molecule has 0 unspecified atom stereocenters. The van der Waals surface area contributed by atoms with Crippen molar-refractivity contribution in [1.29, 1.82) is 0 Å². The van der Waals surface area contributed by atoms with Crippen LogP contribution in [0, 0.1) is 6.92 Å². The highest BCUT2D eigenvalue weighted by Crippen LogP contribution is 2.26. The predicted octanol–water partition coefficient (Wildman–Crippen LogP) is 1.25. The summed E-state index contributed by atoms with van der Waals surface area (Å²) in [5, 5.41) is 0. The van der Waals surface area contributed by atoms with Crippen molar-refractivity contribution >= 4 is 5.82 Å². The van der Waals surface area contributed by atoms with Crippen molar-refractivity contribution in [2.75, 3.05) is 18.0 Å². The van der Waals surface area contributed by atoms with E-state index in [-0.39, 0.29) is 5.56 Å². The molecule has 6 heteroatoms. The van der Waals surface area contributed by atoms with Crippen molar-refractivity contribution in [2.45, 2.75) is 25.7 Å². The van der Waals surface area contributed by atoms with Crippen LogP contribution in [0.15, 0.2) is 29.5 Å². The molecule has 6 nitrogen and oxygen atoms in total. The Morgan fingerprint density at radius 1 is 1.30 bits per heavy atom. The van der Waals surface area contributed by atoms with Crippen LogP contribution in [-0.2, 0) is 0 Å². The summed E-state index contributed by atoms with van der Waals surface area (Å²) in [5.41, 5.74) is 0.712. The van der Waals surface area contributed by atoms with Gasteiger partial charge in [0.05, 0.1) is 6.20 Å². The van der Waals surface area contributed by atoms with E-state index in [4.69, 9.17) is 0 Å². The number of nitrogens with zero attached hydrogens (tertiary/aromatic N) is 4. The topological polar surface area (TPSA) is 74.8 Å². The van der Waals surface area contributed by atoms with Crippen LogP contribution in [0.2, 0.25) is 0 Å². The van der Waals surface area contributed by atoms with Crippen LogP contribution >= 0.6 is 0 Å². The molecule has 0 spiro atoms. The summed E-state index contributed by atoms with van der Waals surface area (Å²) >= 11 is 0. The number of H-pyrrole nitrogens is 1. The third-order valence-electron chi connectivity index (χ3n) is 3.64. The van der Waals surface area contributed by atoms with Gasteiger partial charge in [0, 0.05) is 43.2 Å². The monoisotopic (exact) mass is 271 g/mol. The summed E-state index contributed by atoms with van der Waals surface area (Å²) in [6.07, 6.45) is 7.09. The molecule has 0 aliphatic carbocycles. The first kappa shape index (κ1) is 12.8. The Morgan fingerprint density at radius 3 is 2.75 bits per heavy atom. The molecule has 1 aliphatic rings. The minimum atomic E-state index is -0.0659. The number of anilines is 1. The Hall–Kier alpha value is -2.24. The normalized spacial score (nSPS) is 16.4. The van der Waals surface area contributed by atoms with Gasteiger partial charge in [0.2, 0.25) is 0 Å². The van der Waals surface area contributed by atoms with Crippen molar-refractivity contribution in [3.8, 4) is 0 Å². The van der Waals surface area contributed by atoms with Crippen molar-refractivity contribution in [1.82, 2.24) is 19.9 Å². The van der Waals surface area contributed by atoms with Gasteiger partial charge in [-0.2, -0.15) is 0 Å². The molecule has 1 N–H and O–H groups in total. The highest BCUT2D eigenvalue weighted by Gasteiger charge is 2.23. The molecule has 0 amide bonds. The first-order chi connectivity index (χ1) is 9.72. The number of piperidine rings is 1. The summed E-state index contributed by atoms with van der Waals surface area (Å²) in [4.78, 5) is 29.5. The van der Waals surface area contributed by atoms with Crippen molar-refractivity contribution in [2.24, 2.45) is 0 Å². The van der Waals surface area contributed by atoms with Gasteiger partial charge < -0.3 is 9.88 Å². The van der Waals surface area contributed by atoms with Crippen LogP contribution in [0.3, 0.4) is 0 Å². The van der Waals surface area contributed by atoms with Crippen LogP contribution in [0.25, 0.3) is 0 Å². The van der Waals surface area contributed by atoms with Gasteiger partial charge in [-0.1, -0.05) is 0 Å². The van der Waals surface area contributed by atoms with Gasteiger partial charge in [0.25, 0.3) is 5.56 Å². The molecule has 0 aromatic carbocycles. The second kappa shape index (κ2) is 5.40. The highest BCUT2D eigenvalue weighted by molar-refractivity contribution is 5.35. The zero-order valence-electron chi connectivity index (χ0n) is 11.4. The van der Waals surface area contributed by atoms with Crippen molar-refractivity contribution in [3.63, 3.8) is 0 Å². The van der Waals surface area contributed by atoms with E-state index < -0.39 is 0 Å². The standard InChI is InChI=1S/C14H17N5O/c1-10-8-13(20)18-14(17-10)11-2-6-19(7-3-11)12-9-15-4-5-16-12/h4-5,8-9,11H,2-3,6-7H2,1H3,(H,17,18,20). The predicted molar refractivity (Wildman–Crippen MR) is 75.8 cm³/mol. The largest absolute Gasteiger partial charge is 0.355 e. The number of rotatable bonds is 2. The summed E-state index contributed by atoms with van der Waals surface area (Å²) in [6.45, 7) is 3.66. The van der Waals surface area contributed by atoms with Gasteiger partial charge >= 0.3 is 0 Å². The van der Waals surface area contributed by atoms with E-state index in [1.54, 1.807) is 18.6 Å². The lowest BCUT2D eigenvalue weighted by Gasteiger charge is -2.32. The second-order valence-electron chi connectivity index (χ2n) is 5.10. The lowest BCUT2D eigenvalue weighted by Crippen LogP contribution is -2.34. The summed E-state index contributed by atoms with van der Waals surface area (Å²) < 4.78 is 0. The number of hydrogen-bond donors (Lipinski definition) is 1. The number of aromatic nitrogens is 4. The smallest absolute Gasteiger partial charge is 0.251 e. The maximum Gasteiger partial charge on any atom is 0.251 e. The minimum absolute atomic E-state index is 0.0659. The second-order valence-corrected chi connectivity index (χ2v) is 5.10. The molecule has 20 heavy (non-hydrogen) atoms. The van der Waals surface area contributed by atoms with E-state index >= 15 is 0 Å². The Labute approximate surface area is 116 Å². The Bertz CT molecular complexity index is 632. The minimum Gasteiger partial charge on any atom is -0.355 e. The molecule has 1 saturated heterocycles. The van der Waals surface area contributed by atoms with Crippen LogP contribution in [0.5, 0.6) is 0 Å². The third-order valence-corrected chi connectivity index (χ3v) is 3.64. The molecule has 0 saturated carbocycles. The summed E-state index contributed by atoms with van der Waals surface area (Å²) in [7, 11) is 0. The van der Waals surface area contributed by atoms with E-state index in [1.165, 1.54) is 6.07 Å². The zero-order chi connectivity index (χ0) is 13.9. The van der Waals surface area contributed by atoms with Gasteiger partial charge in [0.15, 0.2) is 0 Å². The summed E-state index contributed by atoms with van der Waals surface area (Å²) in [6, 6.07) is 1.53. The maximum absolute atomic E-state index is 11.5. The van der Waals surface area contributed by atoms with Crippen molar-refractivity contribution < 1.29 is 0 Å². The van der Waals surface area contributed by atoms with Gasteiger partial charge in [0.1, 0.15) is 11.6 Å². The molecule has 104 valence electrons. The molecular weight excluding hydrogens is 254 g/mol. The fourth-order valence-corrected chi connectivity index (χ4v) is 2.63. The van der Waals surface area contributed by atoms with Gasteiger partial charge in [-0.15, -0.1) is 0 Å². The SMILES string of the molecule is Cc1cc(=O)[nH]c(C2CCN(c3cnccn3)CC2)n1. The van der Waals surface area contributed by atoms with Crippen molar-refractivity contribution in [3.05, 3.63) is 46.5 Å². The molecular formula is C14H17N5O. The van der Waals surface area contributed by atoms with E-state index in [0.717, 1.165) is 43.3 Å². The van der Waals surface area contributed by atoms with E-state index in [1.807, 2.05) is 6.92 Å². The van der Waals surface area contributed by atoms with E-state index in [2.05, 4.69) is 24.8 Å². The van der Waals surface area contributed by atoms with E-state index in [9.17, 15) is 4.79 Å². The van der Waals surface area contributed by atoms with E-state index in [0.29, 0.717) is 5.92 Å². The molecule has 0 bridgehead atoms. The van der Waals surface area contributed by atoms with Crippen LogP contribution in [0.4, 0.5) is 5.82 Å². The van der Waals surface area contributed by atoms with Gasteiger partial charge in [-0.3, -0.25) is 9.78 Å². The molecule has 2 aromatic heterocycles. The maximum atomic E-state index is 11.5. The average molecular weight is 271 g/mol. The summed E-state index contributed by atoms with van der Waals surface area (Å²) in [5.74, 6) is 2.04. The number of aromatic amines is 1. The van der Waals surface area contributed by atoms with Gasteiger partial charge in [-0.05, 0) is 19.8 Å². The quantitative estimate of drug-likeness (QED) is 0.889. The molecule has 3 heterocycles. The lowest BCUT2D eigenvalue weighted by atomic mass is 9.96. The fraction of sp³-hybridized carbons (Fsp3) is 0.429. The molecule has 1 aliphatic heterocycles. The third kappa shape index (κ3) is 2.68. The Balaban J connectivity index is 1.71. The van der Waals surface area contributed by atoms with Crippen LogP contribution in [-0.4, -0.2) is 33.0 Å². The lowest BCUT2D eigenvalue weighted by molar-refractivity contribution is 0.481. The molecule has 0 radical (unpaired) electrons. The molecule has 2 aromatic rings. The average Bonchev–Trinajstić information content (AvgIpc) is 2.47. The van der Waals surface area contributed by atoms with Gasteiger partial charge in [-0.25, -0.2) is 9.97 Å². The van der Waals surface area contributed by atoms with Crippen LogP contribution < -0.4 is 10.5 Å². The highest BCUT2D eigenvalue weighted by atomic mass is 16.1. The molecule has 3 rings (SSSR count). The Kier molecular flexibility index (Phi) is 3.45. The first-order valence-electron chi connectivity index (χ1n) is 6.81. The number of nitrogens with one attached hydrogen (secondary N) is 1. The fourth-order valence-electron chi connectivity index (χ4n) is 2.63. The molecule has 0 atom stereocenters.